The van der Waals surface area contributed by atoms with Gasteiger partial charge in [0.05, 0.1) is 0 Å². The Balaban J connectivity index is 1.33. The number of fused-ring (bicyclic) bond motifs is 3. The number of aryl methyl sites for hydroxylation is 1. The van der Waals surface area contributed by atoms with Crippen LogP contribution < -0.4 is 21.5 Å². The van der Waals surface area contributed by atoms with Crippen molar-refractivity contribution in [3.8, 4) is 0 Å². The standard InChI is InChI=1S/C23H27N7O3/c1-12-5-16(26-17-6-18(25-11-24-17)27-20(31)13-3-4-13)22(33)30-19(12)21(32)28-23(30)7-14-9-29(2)10-15(14)8-23/h5-6,11,13-15H,3-4,7-10H2,1-2H3,(H,28,32)(H2,24,25,26,27,31)/t14-,15?,23?/m1/s1. The second-order valence-electron chi connectivity index (χ2n) is 10.0. The van der Waals surface area contributed by atoms with Crippen LogP contribution in [0.5, 0.6) is 0 Å². The number of rotatable bonds is 4. The third-order valence-corrected chi connectivity index (χ3v) is 7.47. The predicted molar refractivity (Wildman–Crippen MR) is 121 cm³/mol. The van der Waals surface area contributed by atoms with Crippen molar-refractivity contribution in [1.82, 2.24) is 24.8 Å². The molecule has 2 aliphatic heterocycles. The molecule has 6 rings (SSSR count). The van der Waals surface area contributed by atoms with E-state index in [1.807, 2.05) is 6.92 Å². The van der Waals surface area contributed by atoms with Gasteiger partial charge in [0, 0.05) is 25.1 Å². The SMILES string of the molecule is Cc1cc(Nc2cc(NC(=O)C3CC3)ncn2)c(=O)n2c1C(=O)NC21CC2CN(C)C[C@H]2C1. The van der Waals surface area contributed by atoms with E-state index in [1.165, 1.54) is 6.33 Å². The molecule has 2 aliphatic carbocycles. The number of anilines is 3. The zero-order valence-corrected chi connectivity index (χ0v) is 18.7. The first kappa shape index (κ1) is 20.3. The molecule has 2 saturated carbocycles. The van der Waals surface area contributed by atoms with Crippen molar-refractivity contribution < 1.29 is 9.59 Å². The molecule has 1 spiro atoms. The largest absolute Gasteiger partial charge is 0.336 e. The Morgan fingerprint density at radius 2 is 1.82 bits per heavy atom. The Morgan fingerprint density at radius 1 is 1.12 bits per heavy atom. The van der Waals surface area contributed by atoms with Crippen molar-refractivity contribution in [3.05, 3.63) is 40.1 Å². The molecule has 0 radical (unpaired) electrons. The molecule has 3 fully saturated rings. The molecule has 2 aromatic rings. The fraction of sp³-hybridized carbons (Fsp3) is 0.522. The predicted octanol–water partition coefficient (Wildman–Crippen LogP) is 1.41. The lowest BCUT2D eigenvalue weighted by Gasteiger charge is -2.29. The number of nitrogens with zero attached hydrogens (tertiary/aromatic N) is 4. The monoisotopic (exact) mass is 449 g/mol. The molecule has 10 heteroatoms. The van der Waals surface area contributed by atoms with E-state index in [0.29, 0.717) is 34.9 Å². The summed E-state index contributed by atoms with van der Waals surface area (Å²) in [5, 5.41) is 9.06. The van der Waals surface area contributed by atoms with Gasteiger partial charge in [-0.05, 0) is 63.1 Å². The molecule has 2 amide bonds. The topological polar surface area (TPSA) is 121 Å². The van der Waals surface area contributed by atoms with E-state index in [1.54, 1.807) is 16.7 Å². The summed E-state index contributed by atoms with van der Waals surface area (Å²) in [6, 6.07) is 3.31. The lowest BCUT2D eigenvalue weighted by atomic mass is 10.0. The van der Waals surface area contributed by atoms with E-state index in [0.717, 1.165) is 44.3 Å². The molecule has 3 N–H and O–H groups in total. The van der Waals surface area contributed by atoms with Gasteiger partial charge in [0.2, 0.25) is 5.91 Å². The van der Waals surface area contributed by atoms with Gasteiger partial charge >= 0.3 is 0 Å². The Bertz CT molecular complexity index is 1220. The number of carbonyl (C=O) groups is 2. The summed E-state index contributed by atoms with van der Waals surface area (Å²) < 4.78 is 1.68. The Kier molecular flexibility index (Phi) is 4.39. The highest BCUT2D eigenvalue weighted by molar-refractivity contribution is 5.97. The van der Waals surface area contributed by atoms with E-state index in [-0.39, 0.29) is 23.3 Å². The van der Waals surface area contributed by atoms with Crippen LogP contribution in [0.25, 0.3) is 0 Å². The second-order valence-corrected chi connectivity index (χ2v) is 10.0. The highest BCUT2D eigenvalue weighted by Crippen LogP contribution is 2.48. The molecule has 1 saturated heterocycles. The first-order valence-corrected chi connectivity index (χ1v) is 11.5. The summed E-state index contributed by atoms with van der Waals surface area (Å²) in [5.41, 5.74) is 0.609. The molecule has 33 heavy (non-hydrogen) atoms. The summed E-state index contributed by atoms with van der Waals surface area (Å²) in [5.74, 6) is 1.56. The highest BCUT2D eigenvalue weighted by atomic mass is 16.2. The first-order chi connectivity index (χ1) is 15.8. The van der Waals surface area contributed by atoms with Crippen LogP contribution in [0.3, 0.4) is 0 Å². The van der Waals surface area contributed by atoms with Crippen LogP contribution in [0.2, 0.25) is 0 Å². The zero-order valence-electron chi connectivity index (χ0n) is 18.7. The number of aromatic nitrogens is 3. The first-order valence-electron chi connectivity index (χ1n) is 11.5. The van der Waals surface area contributed by atoms with Crippen molar-refractivity contribution in [2.75, 3.05) is 30.8 Å². The average molecular weight is 450 g/mol. The van der Waals surface area contributed by atoms with Crippen LogP contribution in [0.4, 0.5) is 17.3 Å². The summed E-state index contributed by atoms with van der Waals surface area (Å²) in [7, 11) is 2.12. The van der Waals surface area contributed by atoms with Crippen LogP contribution in [-0.2, 0) is 10.5 Å². The van der Waals surface area contributed by atoms with Crippen LogP contribution in [0.1, 0.15) is 41.7 Å². The van der Waals surface area contributed by atoms with Gasteiger partial charge in [-0.3, -0.25) is 19.0 Å². The summed E-state index contributed by atoms with van der Waals surface area (Å²) in [6.45, 7) is 3.82. The third-order valence-electron chi connectivity index (χ3n) is 7.47. The normalized spacial score (nSPS) is 28.0. The average Bonchev–Trinajstić information content (AvgIpc) is 3.41. The van der Waals surface area contributed by atoms with Crippen molar-refractivity contribution >= 4 is 29.1 Å². The smallest absolute Gasteiger partial charge is 0.276 e. The lowest BCUT2D eigenvalue weighted by Crippen LogP contribution is -2.46. The Labute approximate surface area is 190 Å². The van der Waals surface area contributed by atoms with Gasteiger partial charge in [-0.1, -0.05) is 0 Å². The van der Waals surface area contributed by atoms with Gasteiger partial charge < -0.3 is 20.9 Å². The van der Waals surface area contributed by atoms with Gasteiger partial charge in [0.1, 0.15) is 35.0 Å². The fourth-order valence-corrected chi connectivity index (χ4v) is 5.93. The molecule has 2 aromatic heterocycles. The van der Waals surface area contributed by atoms with Crippen molar-refractivity contribution in [2.45, 2.75) is 38.3 Å². The molecule has 172 valence electrons. The minimum atomic E-state index is -0.669. The van der Waals surface area contributed by atoms with Gasteiger partial charge in [0.25, 0.3) is 11.5 Å². The number of hydrogen-bond acceptors (Lipinski definition) is 7. The maximum absolute atomic E-state index is 13.7. The molecule has 4 aliphatic rings. The van der Waals surface area contributed by atoms with Crippen LogP contribution in [-0.4, -0.2) is 51.4 Å². The van der Waals surface area contributed by atoms with Crippen LogP contribution in [0, 0.1) is 24.7 Å². The number of pyridine rings is 1. The summed E-state index contributed by atoms with van der Waals surface area (Å²) in [6.07, 6.45) is 4.67. The molecule has 3 atom stereocenters. The van der Waals surface area contributed by atoms with Crippen molar-refractivity contribution in [2.24, 2.45) is 17.8 Å². The molecule has 0 bridgehead atoms. The molecular weight excluding hydrogens is 422 g/mol. The maximum Gasteiger partial charge on any atom is 0.276 e. The lowest BCUT2D eigenvalue weighted by molar-refractivity contribution is -0.117. The van der Waals surface area contributed by atoms with Crippen molar-refractivity contribution in [3.63, 3.8) is 0 Å². The third kappa shape index (κ3) is 3.31. The number of hydrogen-bond donors (Lipinski definition) is 3. The van der Waals surface area contributed by atoms with Gasteiger partial charge in [0.15, 0.2) is 0 Å². The Morgan fingerprint density at radius 3 is 2.52 bits per heavy atom. The summed E-state index contributed by atoms with van der Waals surface area (Å²) in [4.78, 5) is 49.3. The molecule has 0 aromatic carbocycles. The number of likely N-dealkylation sites (tertiary alicyclic amines) is 1. The van der Waals surface area contributed by atoms with Gasteiger partial charge in [-0.2, -0.15) is 0 Å². The van der Waals surface area contributed by atoms with E-state index < -0.39 is 5.66 Å². The molecule has 4 heterocycles. The molecule has 10 nitrogen and oxygen atoms in total. The van der Waals surface area contributed by atoms with E-state index in [2.05, 4.69) is 37.9 Å². The highest BCUT2D eigenvalue weighted by Gasteiger charge is 2.55. The van der Waals surface area contributed by atoms with Crippen LogP contribution in [0.15, 0.2) is 23.3 Å². The Hall–Kier alpha value is -3.27. The molecule has 2 unspecified atom stereocenters. The second kappa shape index (κ2) is 7.11. The quantitative estimate of drug-likeness (QED) is 0.645. The van der Waals surface area contributed by atoms with Gasteiger partial charge in [-0.15, -0.1) is 0 Å². The molecular formula is C23H27N7O3. The van der Waals surface area contributed by atoms with Crippen LogP contribution >= 0.6 is 0 Å². The minimum absolute atomic E-state index is 0.0444. The number of amides is 2. The van der Waals surface area contributed by atoms with Crippen molar-refractivity contribution in [1.29, 1.82) is 0 Å². The maximum atomic E-state index is 13.7. The number of nitrogens with one attached hydrogen (secondary N) is 3. The van der Waals surface area contributed by atoms with E-state index in [9.17, 15) is 14.4 Å². The summed E-state index contributed by atoms with van der Waals surface area (Å²) >= 11 is 0. The van der Waals surface area contributed by atoms with E-state index in [4.69, 9.17) is 0 Å². The zero-order chi connectivity index (χ0) is 22.9. The minimum Gasteiger partial charge on any atom is -0.336 e. The number of carbonyl (C=O) groups excluding carboxylic acids is 2. The van der Waals surface area contributed by atoms with Gasteiger partial charge in [-0.25, -0.2) is 9.97 Å². The van der Waals surface area contributed by atoms with E-state index >= 15 is 0 Å². The fourth-order valence-electron chi connectivity index (χ4n) is 5.93.